The largest absolute Gasteiger partial charge is 0.240 e. The number of rotatable bonds is 3. The van der Waals surface area contributed by atoms with Crippen molar-refractivity contribution >= 4 is 21.7 Å². The minimum Gasteiger partial charge on any atom is -0.240 e. The first-order chi connectivity index (χ1) is 12.5. The standard InChI is InChI=1S/C22H22N4/c1-14(2)20-15-9-7-10-18(17(15)12-25-26-20)22(3,4)21-16-8-5-6-11-19(16)23-13-24-21/h5-14H,1-4H3. The van der Waals surface area contributed by atoms with Crippen LogP contribution in [-0.4, -0.2) is 20.2 Å². The molecule has 4 aromatic rings. The summed E-state index contributed by atoms with van der Waals surface area (Å²) in [4.78, 5) is 9.09. The van der Waals surface area contributed by atoms with Crippen molar-refractivity contribution in [3.8, 4) is 0 Å². The molecule has 26 heavy (non-hydrogen) atoms. The Morgan fingerprint density at radius 3 is 2.42 bits per heavy atom. The van der Waals surface area contributed by atoms with Crippen molar-refractivity contribution in [1.82, 2.24) is 20.2 Å². The van der Waals surface area contributed by atoms with Gasteiger partial charge in [0.2, 0.25) is 0 Å². The van der Waals surface area contributed by atoms with E-state index in [1.54, 1.807) is 6.33 Å². The van der Waals surface area contributed by atoms with Crippen LogP contribution in [0.1, 0.15) is 50.6 Å². The second-order valence-corrected chi connectivity index (χ2v) is 7.52. The first-order valence-corrected chi connectivity index (χ1v) is 8.95. The molecule has 0 aliphatic rings. The van der Waals surface area contributed by atoms with Gasteiger partial charge in [0.1, 0.15) is 6.33 Å². The van der Waals surface area contributed by atoms with Crippen LogP contribution in [0.4, 0.5) is 0 Å². The van der Waals surface area contributed by atoms with Gasteiger partial charge in [0.05, 0.1) is 23.1 Å². The predicted octanol–water partition coefficient (Wildman–Crippen LogP) is 5.02. The average molecular weight is 342 g/mol. The van der Waals surface area contributed by atoms with Gasteiger partial charge in [-0.25, -0.2) is 9.97 Å². The van der Waals surface area contributed by atoms with E-state index < -0.39 is 0 Å². The van der Waals surface area contributed by atoms with E-state index in [2.05, 4.69) is 72.1 Å². The molecule has 0 atom stereocenters. The van der Waals surface area contributed by atoms with E-state index in [1.165, 1.54) is 10.9 Å². The molecule has 0 aliphatic carbocycles. The minimum absolute atomic E-state index is 0.292. The smallest absolute Gasteiger partial charge is 0.116 e. The number of hydrogen-bond acceptors (Lipinski definition) is 4. The number of nitrogens with zero attached hydrogens (tertiary/aromatic N) is 4. The van der Waals surface area contributed by atoms with E-state index in [9.17, 15) is 0 Å². The lowest BCUT2D eigenvalue weighted by atomic mass is 9.77. The monoisotopic (exact) mass is 342 g/mol. The van der Waals surface area contributed by atoms with Gasteiger partial charge in [0.15, 0.2) is 0 Å². The van der Waals surface area contributed by atoms with Crippen LogP contribution in [0.15, 0.2) is 55.0 Å². The maximum Gasteiger partial charge on any atom is 0.116 e. The van der Waals surface area contributed by atoms with Gasteiger partial charge in [-0.15, -0.1) is 0 Å². The Morgan fingerprint density at radius 2 is 1.62 bits per heavy atom. The van der Waals surface area contributed by atoms with Crippen LogP contribution in [-0.2, 0) is 5.41 Å². The fourth-order valence-corrected chi connectivity index (χ4v) is 3.73. The zero-order chi connectivity index (χ0) is 18.3. The summed E-state index contributed by atoms with van der Waals surface area (Å²) in [6.45, 7) is 8.73. The second kappa shape index (κ2) is 6.13. The summed E-state index contributed by atoms with van der Waals surface area (Å²) in [7, 11) is 0. The summed E-state index contributed by atoms with van der Waals surface area (Å²) in [6.07, 6.45) is 3.53. The number of aromatic nitrogens is 4. The summed E-state index contributed by atoms with van der Waals surface area (Å²) in [5.41, 5.74) is 3.94. The molecule has 0 N–H and O–H groups in total. The topological polar surface area (TPSA) is 51.6 Å². The predicted molar refractivity (Wildman–Crippen MR) is 105 cm³/mol. The summed E-state index contributed by atoms with van der Waals surface area (Å²) in [5.74, 6) is 0.324. The van der Waals surface area contributed by atoms with Crippen LogP contribution < -0.4 is 0 Å². The average Bonchev–Trinajstić information content (AvgIpc) is 2.66. The Bertz CT molecular complexity index is 1090. The van der Waals surface area contributed by atoms with Gasteiger partial charge in [0.25, 0.3) is 0 Å². The van der Waals surface area contributed by atoms with Gasteiger partial charge in [-0.05, 0) is 17.5 Å². The van der Waals surface area contributed by atoms with Crippen LogP contribution >= 0.6 is 0 Å². The highest BCUT2D eigenvalue weighted by Crippen LogP contribution is 2.38. The molecule has 0 amide bonds. The van der Waals surface area contributed by atoms with Crippen LogP contribution in [0.25, 0.3) is 21.7 Å². The molecule has 2 aromatic heterocycles. The van der Waals surface area contributed by atoms with Crippen molar-refractivity contribution in [3.05, 3.63) is 71.9 Å². The van der Waals surface area contributed by atoms with Crippen molar-refractivity contribution in [3.63, 3.8) is 0 Å². The van der Waals surface area contributed by atoms with Crippen molar-refractivity contribution < 1.29 is 0 Å². The molecular weight excluding hydrogens is 320 g/mol. The Labute approximate surface area is 153 Å². The van der Waals surface area contributed by atoms with Crippen LogP contribution in [0.2, 0.25) is 0 Å². The quantitative estimate of drug-likeness (QED) is 0.524. The minimum atomic E-state index is -0.292. The maximum atomic E-state index is 4.67. The van der Waals surface area contributed by atoms with Gasteiger partial charge >= 0.3 is 0 Å². The van der Waals surface area contributed by atoms with E-state index >= 15 is 0 Å². The molecule has 4 nitrogen and oxygen atoms in total. The lowest BCUT2D eigenvalue weighted by Gasteiger charge is -2.27. The second-order valence-electron chi connectivity index (χ2n) is 7.52. The number of para-hydroxylation sites is 1. The highest BCUT2D eigenvalue weighted by Gasteiger charge is 2.29. The Balaban J connectivity index is 2.01. The highest BCUT2D eigenvalue weighted by atomic mass is 15.1. The first kappa shape index (κ1) is 16.6. The lowest BCUT2D eigenvalue weighted by Crippen LogP contribution is -2.22. The highest BCUT2D eigenvalue weighted by molar-refractivity contribution is 5.90. The van der Waals surface area contributed by atoms with Gasteiger partial charge in [-0.3, -0.25) is 0 Å². The molecule has 0 fully saturated rings. The normalized spacial score (nSPS) is 12.2. The summed E-state index contributed by atoms with van der Waals surface area (Å²) >= 11 is 0. The number of fused-ring (bicyclic) bond motifs is 2. The third-order valence-corrected chi connectivity index (χ3v) is 5.09. The molecular formula is C22H22N4. The molecule has 0 saturated carbocycles. The summed E-state index contributed by atoms with van der Waals surface area (Å²) in [6, 6.07) is 14.6. The molecule has 2 aromatic carbocycles. The van der Waals surface area contributed by atoms with Crippen LogP contribution in [0.3, 0.4) is 0 Å². The van der Waals surface area contributed by atoms with Crippen molar-refractivity contribution in [1.29, 1.82) is 0 Å². The Morgan fingerprint density at radius 1 is 0.846 bits per heavy atom. The fourth-order valence-electron chi connectivity index (χ4n) is 3.73. The molecule has 2 heterocycles. The fraction of sp³-hybridized carbons (Fsp3) is 0.273. The number of hydrogen-bond donors (Lipinski definition) is 0. The van der Waals surface area contributed by atoms with Crippen molar-refractivity contribution in [2.75, 3.05) is 0 Å². The molecule has 4 rings (SSSR count). The third-order valence-electron chi connectivity index (χ3n) is 5.09. The SMILES string of the molecule is CC(C)c1nncc2c(C(C)(C)c3ncnc4ccccc34)cccc12. The van der Waals surface area contributed by atoms with Gasteiger partial charge < -0.3 is 0 Å². The van der Waals surface area contributed by atoms with E-state index in [0.717, 1.165) is 27.7 Å². The van der Waals surface area contributed by atoms with Crippen LogP contribution in [0.5, 0.6) is 0 Å². The molecule has 0 spiro atoms. The maximum absolute atomic E-state index is 4.67. The van der Waals surface area contributed by atoms with Crippen molar-refractivity contribution in [2.45, 2.75) is 39.0 Å². The zero-order valence-electron chi connectivity index (χ0n) is 15.6. The van der Waals surface area contributed by atoms with E-state index in [4.69, 9.17) is 0 Å². The van der Waals surface area contributed by atoms with Gasteiger partial charge in [-0.2, -0.15) is 10.2 Å². The van der Waals surface area contributed by atoms with E-state index in [0.29, 0.717) is 5.92 Å². The lowest BCUT2D eigenvalue weighted by molar-refractivity contribution is 0.627. The molecule has 0 radical (unpaired) electrons. The summed E-state index contributed by atoms with van der Waals surface area (Å²) < 4.78 is 0. The van der Waals surface area contributed by atoms with Gasteiger partial charge in [0, 0.05) is 21.6 Å². The molecule has 0 saturated heterocycles. The molecule has 0 aliphatic heterocycles. The summed E-state index contributed by atoms with van der Waals surface area (Å²) in [5, 5.41) is 12.0. The zero-order valence-corrected chi connectivity index (χ0v) is 15.6. The van der Waals surface area contributed by atoms with E-state index in [1.807, 2.05) is 24.4 Å². The first-order valence-electron chi connectivity index (χ1n) is 8.95. The van der Waals surface area contributed by atoms with Gasteiger partial charge in [-0.1, -0.05) is 64.1 Å². The molecule has 130 valence electrons. The third kappa shape index (κ3) is 2.53. The number of benzene rings is 2. The molecule has 0 bridgehead atoms. The molecule has 0 unspecified atom stereocenters. The van der Waals surface area contributed by atoms with E-state index in [-0.39, 0.29) is 5.41 Å². The van der Waals surface area contributed by atoms with Crippen LogP contribution in [0, 0.1) is 0 Å². The Hall–Kier alpha value is -2.88. The Kier molecular flexibility index (Phi) is 3.91. The molecule has 4 heteroatoms. The van der Waals surface area contributed by atoms with Crippen molar-refractivity contribution in [2.24, 2.45) is 0 Å².